The van der Waals surface area contributed by atoms with Crippen molar-refractivity contribution < 1.29 is 17.1 Å². The predicted octanol–water partition coefficient (Wildman–Crippen LogP) is 4.71. The summed E-state index contributed by atoms with van der Waals surface area (Å²) in [6.07, 6.45) is -0.974. The average Bonchev–Trinajstić information content (AvgIpc) is 2.63. The van der Waals surface area contributed by atoms with Crippen LogP contribution < -0.4 is 0 Å². The zero-order valence-electron chi connectivity index (χ0n) is 22.5. The first-order valence-corrected chi connectivity index (χ1v) is 7.53. The molecule has 0 aliphatic carbocycles. The molecule has 0 radical (unpaired) electrons. The zero-order chi connectivity index (χ0) is 24.4. The lowest BCUT2D eigenvalue weighted by Gasteiger charge is -2.37. The second-order valence-corrected chi connectivity index (χ2v) is 5.66. The van der Waals surface area contributed by atoms with Crippen LogP contribution in [0.2, 0.25) is 0 Å². The lowest BCUT2D eigenvalue weighted by Crippen LogP contribution is -2.42. The van der Waals surface area contributed by atoms with Crippen LogP contribution in [0.4, 0.5) is 0 Å². The highest BCUT2D eigenvalue weighted by Gasteiger charge is 2.41. The Morgan fingerprint density at radius 3 is 1.96 bits per heavy atom. The molecule has 2 aromatic rings. The Hall–Kier alpha value is -1.64. The van der Waals surface area contributed by atoms with Crippen molar-refractivity contribution in [2.75, 3.05) is 14.0 Å². The topological polar surface area (TPSA) is 20.3 Å². The molecule has 0 N–H and O–H groups in total. The van der Waals surface area contributed by atoms with Crippen molar-refractivity contribution in [3.63, 3.8) is 0 Å². The molecule has 0 heterocycles. The number of nitrogens with zero attached hydrogens (tertiary/aromatic N) is 1. The Morgan fingerprint density at radius 2 is 1.54 bits per heavy atom. The Balaban J connectivity index is 0.00000544. The van der Waals surface area contributed by atoms with Gasteiger partial charge in [0.05, 0.1) is 5.41 Å². The first-order chi connectivity index (χ1) is 14.6. The zero-order valence-corrected chi connectivity index (χ0v) is 14.3. The molecule has 3 heteroatoms. The molecule has 0 amide bonds. The van der Waals surface area contributed by atoms with Crippen molar-refractivity contribution in [3.05, 3.63) is 71.8 Å². The van der Waals surface area contributed by atoms with Crippen molar-refractivity contribution in [1.82, 2.24) is 4.90 Å². The Labute approximate surface area is 164 Å². The van der Waals surface area contributed by atoms with E-state index >= 15 is 0 Å². The SMILES string of the molecule is Cl.[2H]C([2H])([2H])CC(=O)C(CC(C)N(C([2H])([2H])[2H])C([2H])([2H])[2H])(c1ccccc1)c1ccccc1. The Bertz CT molecular complexity index is 842. The molecule has 0 saturated carbocycles. The van der Waals surface area contributed by atoms with Crippen LogP contribution in [-0.4, -0.2) is 30.7 Å². The molecule has 24 heavy (non-hydrogen) atoms. The monoisotopic (exact) mass is 354 g/mol. The molecular formula is C21H28ClNO. The van der Waals surface area contributed by atoms with Gasteiger partial charge in [-0.25, -0.2) is 0 Å². The van der Waals surface area contributed by atoms with E-state index in [1.54, 1.807) is 60.7 Å². The fourth-order valence-corrected chi connectivity index (χ4v) is 2.97. The molecule has 2 rings (SSSR count). The minimum absolute atomic E-state index is 0. The van der Waals surface area contributed by atoms with Crippen molar-refractivity contribution in [1.29, 1.82) is 0 Å². The number of rotatable bonds is 7. The second kappa shape index (κ2) is 9.00. The minimum Gasteiger partial charge on any atom is -0.307 e. The van der Waals surface area contributed by atoms with Crippen LogP contribution in [0.1, 0.15) is 50.1 Å². The summed E-state index contributed by atoms with van der Waals surface area (Å²) >= 11 is 0. The van der Waals surface area contributed by atoms with Gasteiger partial charge in [0, 0.05) is 24.8 Å². The number of carbonyl (C=O) groups excluding carboxylic acids is 1. The van der Waals surface area contributed by atoms with Gasteiger partial charge >= 0.3 is 0 Å². The quantitative estimate of drug-likeness (QED) is 0.717. The first-order valence-electron chi connectivity index (χ1n) is 12.0. The molecule has 1 unspecified atom stereocenters. The van der Waals surface area contributed by atoms with Crippen LogP contribution in [0.3, 0.4) is 0 Å². The third-order valence-corrected chi connectivity index (χ3v) is 4.21. The molecule has 130 valence electrons. The van der Waals surface area contributed by atoms with Crippen LogP contribution in [0.15, 0.2) is 60.7 Å². The largest absolute Gasteiger partial charge is 0.307 e. The van der Waals surface area contributed by atoms with Crippen LogP contribution >= 0.6 is 12.4 Å². The van der Waals surface area contributed by atoms with Gasteiger partial charge < -0.3 is 4.90 Å². The average molecular weight is 355 g/mol. The Morgan fingerprint density at radius 1 is 1.04 bits per heavy atom. The summed E-state index contributed by atoms with van der Waals surface area (Å²) in [6.45, 7) is -7.02. The maximum absolute atomic E-state index is 13.7. The number of hydrogen-bond acceptors (Lipinski definition) is 2. The highest BCUT2D eigenvalue weighted by molar-refractivity contribution is 5.93. The van der Waals surface area contributed by atoms with Crippen molar-refractivity contribution in [3.8, 4) is 0 Å². The summed E-state index contributed by atoms with van der Waals surface area (Å²) in [5.74, 6) is -0.627. The molecule has 0 fully saturated rings. The maximum atomic E-state index is 13.7. The number of ketones is 1. The molecule has 1 atom stereocenters. The number of halogens is 1. The van der Waals surface area contributed by atoms with E-state index in [1.165, 1.54) is 6.92 Å². The van der Waals surface area contributed by atoms with E-state index in [-0.39, 0.29) is 18.8 Å². The maximum Gasteiger partial charge on any atom is 0.147 e. The fourth-order valence-electron chi connectivity index (χ4n) is 2.97. The van der Waals surface area contributed by atoms with Gasteiger partial charge in [0.25, 0.3) is 0 Å². The summed E-state index contributed by atoms with van der Waals surface area (Å²) < 4.78 is 69.6. The van der Waals surface area contributed by atoms with Gasteiger partial charge in [-0.15, -0.1) is 12.4 Å². The minimum atomic E-state index is -2.95. The van der Waals surface area contributed by atoms with Crippen molar-refractivity contribution in [2.24, 2.45) is 0 Å². The fraction of sp³-hybridized carbons (Fsp3) is 0.381. The van der Waals surface area contributed by atoms with Gasteiger partial charge in [0.1, 0.15) is 5.78 Å². The second-order valence-electron chi connectivity index (χ2n) is 5.66. The number of carbonyl (C=O) groups is 1. The molecule has 0 saturated heterocycles. The first kappa shape index (κ1) is 10.4. The summed E-state index contributed by atoms with van der Waals surface area (Å²) in [6, 6.07) is 15.9. The van der Waals surface area contributed by atoms with Gasteiger partial charge in [-0.3, -0.25) is 4.79 Å². The molecule has 2 nitrogen and oxygen atoms in total. The van der Waals surface area contributed by atoms with Crippen molar-refractivity contribution >= 4 is 18.2 Å². The molecule has 2 aromatic carbocycles. The summed E-state index contributed by atoms with van der Waals surface area (Å²) in [5, 5.41) is 0. The highest BCUT2D eigenvalue weighted by atomic mass is 35.5. The van der Waals surface area contributed by atoms with E-state index in [0.29, 0.717) is 16.0 Å². The highest BCUT2D eigenvalue weighted by Crippen LogP contribution is 2.39. The third kappa shape index (κ3) is 4.06. The van der Waals surface area contributed by atoms with E-state index in [0.717, 1.165) is 0 Å². The van der Waals surface area contributed by atoms with Crippen LogP contribution in [0, 0.1) is 0 Å². The van der Waals surface area contributed by atoms with Gasteiger partial charge in [0.2, 0.25) is 0 Å². The van der Waals surface area contributed by atoms with Gasteiger partial charge in [0.15, 0.2) is 0 Å². The third-order valence-electron chi connectivity index (χ3n) is 4.21. The van der Waals surface area contributed by atoms with Gasteiger partial charge in [-0.05, 0) is 38.4 Å². The number of Topliss-reactive ketones (excluding diaryl/α,β-unsaturated/α-hetero) is 1. The van der Waals surface area contributed by atoms with E-state index in [2.05, 4.69) is 0 Å². The molecule has 0 spiro atoms. The lowest BCUT2D eigenvalue weighted by molar-refractivity contribution is -0.123. The molecule has 0 aliphatic rings. The predicted molar refractivity (Wildman–Crippen MR) is 104 cm³/mol. The van der Waals surface area contributed by atoms with Gasteiger partial charge in [-0.1, -0.05) is 67.5 Å². The molecule has 0 aromatic heterocycles. The lowest BCUT2D eigenvalue weighted by atomic mass is 9.67. The molecule has 0 bridgehead atoms. The van der Waals surface area contributed by atoms with Crippen LogP contribution in [0.5, 0.6) is 0 Å². The van der Waals surface area contributed by atoms with Crippen molar-refractivity contribution in [2.45, 2.75) is 38.1 Å². The summed E-state index contributed by atoms with van der Waals surface area (Å²) in [4.78, 5) is 14.1. The van der Waals surface area contributed by atoms with E-state index in [4.69, 9.17) is 12.3 Å². The number of hydrogen-bond donors (Lipinski definition) is 0. The standard InChI is InChI=1S/C21H27NO.ClH/c1-5-20(23)21(16-17(2)22(3)4,18-12-8-6-9-13-18)19-14-10-7-11-15-19;/h6-15,17H,5,16H2,1-4H3;1H/i1D3,3D3,4D3;. The summed E-state index contributed by atoms with van der Waals surface area (Å²) in [7, 11) is 0. The van der Waals surface area contributed by atoms with E-state index in [1.807, 2.05) is 0 Å². The molecular weight excluding hydrogens is 318 g/mol. The van der Waals surface area contributed by atoms with Gasteiger partial charge in [-0.2, -0.15) is 0 Å². The van der Waals surface area contributed by atoms with Crippen LogP contribution in [0.25, 0.3) is 0 Å². The normalized spacial score (nSPS) is 19.7. The van der Waals surface area contributed by atoms with Crippen LogP contribution in [-0.2, 0) is 10.2 Å². The smallest absolute Gasteiger partial charge is 0.147 e. The van der Waals surface area contributed by atoms with E-state index < -0.39 is 44.5 Å². The summed E-state index contributed by atoms with van der Waals surface area (Å²) in [5.41, 5.74) is -0.600. The molecule has 0 aliphatic heterocycles. The number of benzene rings is 2. The van der Waals surface area contributed by atoms with E-state index in [9.17, 15) is 4.79 Å². The Kier molecular flexibility index (Phi) is 3.89.